The van der Waals surface area contributed by atoms with Crippen LogP contribution in [0.15, 0.2) is 0 Å². The van der Waals surface area contributed by atoms with E-state index in [9.17, 15) is 9.90 Å². The monoisotopic (exact) mass is 526 g/mol. The van der Waals surface area contributed by atoms with Gasteiger partial charge in [0.15, 0.2) is 0 Å². The number of nitrogens with one attached hydrogen (secondary N) is 5. The van der Waals surface area contributed by atoms with E-state index in [2.05, 4.69) is 31.7 Å². The first-order valence-corrected chi connectivity index (χ1v) is 14.9. The molecule has 0 spiro atoms. The summed E-state index contributed by atoms with van der Waals surface area (Å²) in [5, 5.41) is 20.9. The van der Waals surface area contributed by atoms with Crippen LogP contribution in [0.25, 0.3) is 0 Å². The molecule has 10 heteroatoms. The number of amides is 1. The maximum Gasteiger partial charge on any atom is 0.223 e. The maximum absolute atomic E-state index is 12.8. The third-order valence-corrected chi connectivity index (χ3v) is 9.82. The number of halogens is 1. The summed E-state index contributed by atoms with van der Waals surface area (Å²) in [5.74, 6) is 1.68. The molecule has 0 radical (unpaired) electrons. The fraction of sp³-hybridized carbons (Fsp3) is 0.962. The Balaban J connectivity index is 0.990. The smallest absolute Gasteiger partial charge is 0.223 e. The number of rotatable bonds is 10. The Kier molecular flexibility index (Phi) is 9.79. The van der Waals surface area contributed by atoms with Gasteiger partial charge in [-0.2, -0.15) is 0 Å². The highest BCUT2D eigenvalue weighted by molar-refractivity contribution is 6.21. The average Bonchev–Trinajstić information content (AvgIpc) is 3.38. The summed E-state index contributed by atoms with van der Waals surface area (Å²) in [5.41, 5.74) is 6.33. The molecule has 9 nitrogen and oxygen atoms in total. The number of carbonyl (C=O) groups excluding carboxylic acids is 1. The summed E-state index contributed by atoms with van der Waals surface area (Å²) in [7, 11) is 0. The van der Waals surface area contributed by atoms with E-state index in [1.165, 1.54) is 19.3 Å². The molecule has 0 aromatic rings. The van der Waals surface area contributed by atoms with Gasteiger partial charge in [-0.1, -0.05) is 6.42 Å². The van der Waals surface area contributed by atoms with Crippen molar-refractivity contribution in [1.82, 2.24) is 31.7 Å². The second-order valence-corrected chi connectivity index (χ2v) is 12.4. The molecule has 5 aliphatic rings. The zero-order valence-electron chi connectivity index (χ0n) is 21.6. The summed E-state index contributed by atoms with van der Waals surface area (Å²) < 4.78 is 6.24. The topological polar surface area (TPSA) is 110 Å². The van der Waals surface area contributed by atoms with Crippen molar-refractivity contribution < 1.29 is 14.6 Å². The number of β-amino-alcohol motifs (C(OH)–C–C–N with tert-alkyl or cyclic N) is 1. The molecule has 2 saturated carbocycles. The molecule has 36 heavy (non-hydrogen) atoms. The van der Waals surface area contributed by atoms with E-state index in [0.717, 1.165) is 71.4 Å². The number of carbonyl (C=O) groups is 1. The van der Waals surface area contributed by atoms with Crippen molar-refractivity contribution in [3.05, 3.63) is 0 Å². The Morgan fingerprint density at radius 3 is 2.75 bits per heavy atom. The van der Waals surface area contributed by atoms with Gasteiger partial charge in [0.25, 0.3) is 0 Å². The number of aliphatic hydroxyl groups is 1. The lowest BCUT2D eigenvalue weighted by Gasteiger charge is -2.46. The molecule has 3 heterocycles. The van der Waals surface area contributed by atoms with Crippen LogP contribution in [-0.4, -0.2) is 98.1 Å². The SMILES string of the molecule is O=C(NC[C@H](O)CN1CCC2C(CCC(OCC3CNNC3)C2Cl)C1)C1CCNC(NC2CCC2)C1. The first-order chi connectivity index (χ1) is 17.5. The highest BCUT2D eigenvalue weighted by atomic mass is 35.5. The number of nitrogens with zero attached hydrogens (tertiary/aromatic N) is 1. The maximum atomic E-state index is 12.8. The van der Waals surface area contributed by atoms with E-state index in [-0.39, 0.29) is 29.5 Å². The molecule has 5 fully saturated rings. The standard InChI is InChI=1S/C26H47ClN6O3/c27-25-22-7-9-33(14-19(22)4-5-23(25)36-16-17-11-30-31-12-17)15-21(34)13-29-26(35)18-6-8-28-24(10-18)32-20-2-1-3-20/h17-25,28,30-32,34H,1-16H2,(H,29,35)/t18?,19?,21-,22?,23?,24?,25?/m0/s1. The van der Waals surface area contributed by atoms with Crippen molar-refractivity contribution in [2.24, 2.45) is 23.7 Å². The van der Waals surface area contributed by atoms with Crippen molar-refractivity contribution >= 4 is 17.5 Å². The first-order valence-electron chi connectivity index (χ1n) is 14.4. The Morgan fingerprint density at radius 1 is 1.14 bits per heavy atom. The van der Waals surface area contributed by atoms with E-state index in [4.69, 9.17) is 16.3 Å². The van der Waals surface area contributed by atoms with Crippen molar-refractivity contribution in [2.45, 2.75) is 81.2 Å². The van der Waals surface area contributed by atoms with Crippen LogP contribution in [0, 0.1) is 23.7 Å². The number of aliphatic hydroxyl groups excluding tert-OH is 1. The van der Waals surface area contributed by atoms with Crippen molar-refractivity contribution in [1.29, 1.82) is 0 Å². The second kappa shape index (κ2) is 13.0. The minimum Gasteiger partial charge on any atom is -0.390 e. The van der Waals surface area contributed by atoms with Gasteiger partial charge in [-0.3, -0.25) is 21.0 Å². The fourth-order valence-electron chi connectivity index (χ4n) is 6.75. The number of hydrogen-bond donors (Lipinski definition) is 6. The van der Waals surface area contributed by atoms with Gasteiger partial charge in [0.05, 0.1) is 30.4 Å². The normalized spacial score (nSPS) is 37.3. The summed E-state index contributed by atoms with van der Waals surface area (Å²) in [6, 6.07) is 0.610. The lowest BCUT2D eigenvalue weighted by atomic mass is 9.73. The van der Waals surface area contributed by atoms with E-state index in [0.29, 0.717) is 36.9 Å². The third kappa shape index (κ3) is 7.11. The second-order valence-electron chi connectivity index (χ2n) is 11.9. The quantitative estimate of drug-likeness (QED) is 0.227. The number of ether oxygens (including phenoxy) is 1. The number of likely N-dealkylation sites (tertiary alicyclic amines) is 1. The zero-order chi connectivity index (χ0) is 24.9. The molecule has 0 bridgehead atoms. The molecule has 206 valence electrons. The Labute approximate surface area is 221 Å². The highest BCUT2D eigenvalue weighted by Crippen LogP contribution is 2.40. The lowest BCUT2D eigenvalue weighted by molar-refractivity contribution is -0.126. The average molecular weight is 527 g/mol. The number of piperidine rings is 2. The lowest BCUT2D eigenvalue weighted by Crippen LogP contribution is -2.55. The minimum absolute atomic E-state index is 0.0195. The number of alkyl halides is 1. The van der Waals surface area contributed by atoms with Crippen LogP contribution < -0.4 is 26.8 Å². The molecular formula is C26H47ClN6O3. The number of hydrazine groups is 1. The van der Waals surface area contributed by atoms with E-state index in [1.807, 2.05) is 0 Å². The van der Waals surface area contributed by atoms with Crippen LogP contribution in [0.4, 0.5) is 0 Å². The Bertz CT molecular complexity index is 709. The van der Waals surface area contributed by atoms with Gasteiger partial charge < -0.3 is 25.4 Å². The number of fused-ring (bicyclic) bond motifs is 1. The molecule has 3 saturated heterocycles. The predicted molar refractivity (Wildman–Crippen MR) is 140 cm³/mol. The van der Waals surface area contributed by atoms with Crippen LogP contribution in [0.3, 0.4) is 0 Å². The molecule has 0 aromatic carbocycles. The van der Waals surface area contributed by atoms with E-state index >= 15 is 0 Å². The van der Waals surface area contributed by atoms with Gasteiger partial charge in [0, 0.05) is 50.6 Å². The Hall–Kier alpha value is -0.520. The molecule has 6 N–H and O–H groups in total. The van der Waals surface area contributed by atoms with E-state index in [1.54, 1.807) is 0 Å². The van der Waals surface area contributed by atoms with Crippen LogP contribution in [0.5, 0.6) is 0 Å². The van der Waals surface area contributed by atoms with Gasteiger partial charge in [0.2, 0.25) is 5.91 Å². The molecular weight excluding hydrogens is 480 g/mol. The molecule has 0 aromatic heterocycles. The van der Waals surface area contributed by atoms with Crippen LogP contribution >= 0.6 is 11.6 Å². The fourth-order valence-corrected chi connectivity index (χ4v) is 7.29. The van der Waals surface area contributed by atoms with Crippen molar-refractivity contribution in [3.8, 4) is 0 Å². The molecule has 5 rings (SSSR count). The minimum atomic E-state index is -0.545. The molecule has 6 unspecified atom stereocenters. The van der Waals surface area contributed by atoms with Crippen molar-refractivity contribution in [2.75, 3.05) is 52.4 Å². The van der Waals surface area contributed by atoms with E-state index < -0.39 is 6.10 Å². The summed E-state index contributed by atoms with van der Waals surface area (Å²) in [6.07, 6.45) is 8.52. The summed E-state index contributed by atoms with van der Waals surface area (Å²) in [6.45, 7) is 6.41. The first kappa shape index (κ1) is 27.1. The van der Waals surface area contributed by atoms with Gasteiger partial charge in [0.1, 0.15) is 0 Å². The highest BCUT2D eigenvalue weighted by Gasteiger charge is 2.42. The van der Waals surface area contributed by atoms with Gasteiger partial charge in [-0.05, 0) is 69.9 Å². The van der Waals surface area contributed by atoms with Crippen LogP contribution in [-0.2, 0) is 9.53 Å². The predicted octanol–water partition coefficient (Wildman–Crippen LogP) is 0.380. The summed E-state index contributed by atoms with van der Waals surface area (Å²) in [4.78, 5) is 15.1. The summed E-state index contributed by atoms with van der Waals surface area (Å²) >= 11 is 6.92. The molecule has 7 atom stereocenters. The van der Waals surface area contributed by atoms with Crippen LogP contribution in [0.2, 0.25) is 0 Å². The van der Waals surface area contributed by atoms with Gasteiger partial charge in [-0.15, -0.1) is 11.6 Å². The number of hydrogen-bond acceptors (Lipinski definition) is 8. The molecule has 1 amide bonds. The molecule has 2 aliphatic carbocycles. The van der Waals surface area contributed by atoms with Crippen molar-refractivity contribution in [3.63, 3.8) is 0 Å². The largest absolute Gasteiger partial charge is 0.390 e. The van der Waals surface area contributed by atoms with Crippen LogP contribution in [0.1, 0.15) is 51.4 Å². The molecule has 3 aliphatic heterocycles. The van der Waals surface area contributed by atoms with Gasteiger partial charge >= 0.3 is 0 Å². The zero-order valence-corrected chi connectivity index (χ0v) is 22.4. The van der Waals surface area contributed by atoms with Gasteiger partial charge in [-0.25, -0.2) is 0 Å². The Morgan fingerprint density at radius 2 is 1.97 bits per heavy atom. The third-order valence-electron chi connectivity index (χ3n) is 9.21.